The third-order valence-electron chi connectivity index (χ3n) is 3.60. The first-order chi connectivity index (χ1) is 7.33. The van der Waals surface area contributed by atoms with Gasteiger partial charge < -0.3 is 4.74 Å². The largest absolute Gasteiger partial charge is 0.380 e. The number of benzene rings is 1. The zero-order valence-corrected chi connectivity index (χ0v) is 10.2. The molecule has 0 radical (unpaired) electrons. The maximum absolute atomic E-state index is 5.21. The van der Waals surface area contributed by atoms with E-state index in [0.29, 0.717) is 5.92 Å². The maximum Gasteiger partial charge on any atom is 0.0557 e. The van der Waals surface area contributed by atoms with Crippen LogP contribution in [0.1, 0.15) is 35.8 Å². The number of rotatable bonds is 2. The van der Waals surface area contributed by atoms with Gasteiger partial charge in [-0.05, 0) is 29.9 Å². The fourth-order valence-corrected chi connectivity index (χ4v) is 3.19. The van der Waals surface area contributed by atoms with Gasteiger partial charge in [0.05, 0.1) is 13.2 Å². The molecule has 1 aliphatic carbocycles. The van der Waals surface area contributed by atoms with Crippen LogP contribution in [0.3, 0.4) is 0 Å². The summed E-state index contributed by atoms with van der Waals surface area (Å²) in [5, 5.41) is 0. The van der Waals surface area contributed by atoms with Crippen LogP contribution in [0, 0.1) is 0 Å². The smallest absolute Gasteiger partial charge is 0.0557 e. The van der Waals surface area contributed by atoms with E-state index in [1.807, 2.05) is 0 Å². The summed E-state index contributed by atoms with van der Waals surface area (Å²) < 4.78 is 5.21. The van der Waals surface area contributed by atoms with Crippen molar-refractivity contribution in [1.82, 2.24) is 0 Å². The Morgan fingerprint density at radius 1 is 0.933 bits per heavy atom. The molecule has 1 saturated heterocycles. The van der Waals surface area contributed by atoms with Crippen LogP contribution in [-0.4, -0.2) is 18.0 Å². The van der Waals surface area contributed by atoms with E-state index in [9.17, 15) is 0 Å². The van der Waals surface area contributed by atoms with Crippen molar-refractivity contribution in [2.24, 2.45) is 0 Å². The Labute approximate surface area is 99.0 Å². The molecular formula is C13H15BrO. The van der Waals surface area contributed by atoms with Crippen molar-refractivity contribution in [3.05, 3.63) is 35.4 Å². The zero-order chi connectivity index (χ0) is 10.3. The van der Waals surface area contributed by atoms with Crippen LogP contribution in [0.2, 0.25) is 0 Å². The Balaban J connectivity index is 1.70. The molecule has 2 heteroatoms. The normalized spacial score (nSPS) is 30.7. The molecule has 0 atom stereocenters. The summed E-state index contributed by atoms with van der Waals surface area (Å²) in [6.45, 7) is 1.82. The van der Waals surface area contributed by atoms with Crippen molar-refractivity contribution in [2.45, 2.75) is 29.5 Å². The molecule has 1 aliphatic heterocycles. The molecule has 3 rings (SSSR count). The number of halogens is 1. The molecule has 1 nitrogen and oxygen atoms in total. The molecule has 0 unspecified atom stereocenters. The average molecular weight is 267 g/mol. The van der Waals surface area contributed by atoms with Crippen LogP contribution in [0.5, 0.6) is 0 Å². The van der Waals surface area contributed by atoms with Gasteiger partial charge in [-0.1, -0.05) is 40.2 Å². The second-order valence-electron chi connectivity index (χ2n) is 4.67. The number of hydrogen-bond acceptors (Lipinski definition) is 1. The summed E-state index contributed by atoms with van der Waals surface area (Å²) in [5.41, 5.74) is 2.95. The Hall–Kier alpha value is -0.340. The van der Waals surface area contributed by atoms with Crippen molar-refractivity contribution in [1.29, 1.82) is 0 Å². The van der Waals surface area contributed by atoms with Gasteiger partial charge in [-0.3, -0.25) is 0 Å². The lowest BCUT2D eigenvalue weighted by molar-refractivity contribution is 0.00841. The van der Waals surface area contributed by atoms with Crippen molar-refractivity contribution in [3.63, 3.8) is 0 Å². The molecule has 80 valence electrons. The lowest BCUT2D eigenvalue weighted by Gasteiger charge is -2.32. The average Bonchev–Trinajstić information content (AvgIpc) is 2.12. The highest BCUT2D eigenvalue weighted by atomic mass is 79.9. The van der Waals surface area contributed by atoms with Crippen LogP contribution < -0.4 is 0 Å². The molecule has 1 saturated carbocycles. The molecule has 0 bridgehead atoms. The zero-order valence-electron chi connectivity index (χ0n) is 8.66. The summed E-state index contributed by atoms with van der Waals surface area (Å²) in [5.74, 6) is 1.45. The van der Waals surface area contributed by atoms with Crippen molar-refractivity contribution in [2.75, 3.05) is 13.2 Å². The maximum atomic E-state index is 5.21. The first-order valence-corrected chi connectivity index (χ1v) is 6.56. The minimum Gasteiger partial charge on any atom is -0.380 e. The van der Waals surface area contributed by atoms with Gasteiger partial charge in [0.1, 0.15) is 0 Å². The summed E-state index contributed by atoms with van der Waals surface area (Å²) in [6.07, 6.45) is 2.60. The Morgan fingerprint density at radius 3 is 1.87 bits per heavy atom. The van der Waals surface area contributed by atoms with E-state index in [4.69, 9.17) is 4.74 Å². The summed E-state index contributed by atoms with van der Waals surface area (Å²) in [6, 6.07) is 9.17. The SMILES string of the molecule is BrC1CC(c2ccc(C3COC3)cc2)C1. The lowest BCUT2D eigenvalue weighted by atomic mass is 9.79. The number of alkyl halides is 1. The van der Waals surface area contributed by atoms with E-state index in [0.717, 1.165) is 24.0 Å². The Kier molecular flexibility index (Phi) is 2.57. The van der Waals surface area contributed by atoms with E-state index >= 15 is 0 Å². The van der Waals surface area contributed by atoms with E-state index in [2.05, 4.69) is 40.2 Å². The molecular weight excluding hydrogens is 252 g/mol. The standard InChI is InChI=1S/C13H15BrO/c14-13-5-11(6-13)9-1-3-10(4-2-9)12-7-15-8-12/h1-4,11-13H,5-8H2. The van der Waals surface area contributed by atoms with E-state index in [-0.39, 0.29) is 0 Å². The Bertz CT molecular complexity index is 336. The van der Waals surface area contributed by atoms with Gasteiger partial charge in [-0.25, -0.2) is 0 Å². The van der Waals surface area contributed by atoms with Gasteiger partial charge in [0, 0.05) is 10.7 Å². The van der Waals surface area contributed by atoms with Crippen LogP contribution in [0.15, 0.2) is 24.3 Å². The molecule has 2 fully saturated rings. The highest BCUT2D eigenvalue weighted by Gasteiger charge is 2.28. The van der Waals surface area contributed by atoms with Crippen LogP contribution in [-0.2, 0) is 4.74 Å². The number of ether oxygens (including phenoxy) is 1. The van der Waals surface area contributed by atoms with Crippen LogP contribution in [0.4, 0.5) is 0 Å². The summed E-state index contributed by atoms with van der Waals surface area (Å²) >= 11 is 3.64. The van der Waals surface area contributed by atoms with Gasteiger partial charge >= 0.3 is 0 Å². The minimum absolute atomic E-state index is 0.657. The predicted molar refractivity (Wildman–Crippen MR) is 64.7 cm³/mol. The highest BCUT2D eigenvalue weighted by molar-refractivity contribution is 9.09. The first kappa shape index (κ1) is 9.86. The molecule has 0 amide bonds. The molecule has 2 aliphatic rings. The van der Waals surface area contributed by atoms with Gasteiger partial charge in [-0.2, -0.15) is 0 Å². The topological polar surface area (TPSA) is 9.23 Å². The van der Waals surface area contributed by atoms with Crippen LogP contribution >= 0.6 is 15.9 Å². The third-order valence-corrected chi connectivity index (χ3v) is 4.35. The van der Waals surface area contributed by atoms with Gasteiger partial charge in [0.25, 0.3) is 0 Å². The second kappa shape index (κ2) is 3.91. The van der Waals surface area contributed by atoms with Crippen molar-refractivity contribution < 1.29 is 4.74 Å². The molecule has 1 heterocycles. The van der Waals surface area contributed by atoms with Crippen molar-refractivity contribution >= 4 is 15.9 Å². The van der Waals surface area contributed by atoms with E-state index in [1.54, 1.807) is 0 Å². The Morgan fingerprint density at radius 2 is 1.47 bits per heavy atom. The second-order valence-corrected chi connectivity index (χ2v) is 5.96. The molecule has 1 aromatic rings. The number of hydrogen-bond donors (Lipinski definition) is 0. The highest BCUT2D eigenvalue weighted by Crippen LogP contribution is 2.41. The van der Waals surface area contributed by atoms with E-state index < -0.39 is 0 Å². The van der Waals surface area contributed by atoms with Gasteiger partial charge in [0.15, 0.2) is 0 Å². The molecule has 0 spiro atoms. The fraction of sp³-hybridized carbons (Fsp3) is 0.538. The minimum atomic E-state index is 0.657. The van der Waals surface area contributed by atoms with Crippen LogP contribution in [0.25, 0.3) is 0 Å². The van der Waals surface area contributed by atoms with Gasteiger partial charge in [-0.15, -0.1) is 0 Å². The predicted octanol–water partition coefficient (Wildman–Crippen LogP) is 3.44. The fourth-order valence-electron chi connectivity index (χ4n) is 2.29. The summed E-state index contributed by atoms with van der Waals surface area (Å²) in [4.78, 5) is 0.752. The third kappa shape index (κ3) is 1.85. The van der Waals surface area contributed by atoms with E-state index in [1.165, 1.54) is 24.0 Å². The van der Waals surface area contributed by atoms with Crippen molar-refractivity contribution in [3.8, 4) is 0 Å². The monoisotopic (exact) mass is 266 g/mol. The molecule has 1 aromatic carbocycles. The summed E-state index contributed by atoms with van der Waals surface area (Å²) in [7, 11) is 0. The molecule has 0 N–H and O–H groups in total. The molecule has 0 aromatic heterocycles. The first-order valence-electron chi connectivity index (χ1n) is 5.64. The van der Waals surface area contributed by atoms with Gasteiger partial charge in [0.2, 0.25) is 0 Å². The lowest BCUT2D eigenvalue weighted by Crippen LogP contribution is -2.25. The quantitative estimate of drug-likeness (QED) is 0.746. The molecule has 15 heavy (non-hydrogen) atoms.